The number of nitrogens with one attached hydrogen (secondary N) is 1. The summed E-state index contributed by atoms with van der Waals surface area (Å²) in [5, 5.41) is 11.7. The predicted octanol–water partition coefficient (Wildman–Crippen LogP) is 0.850. The van der Waals surface area contributed by atoms with Crippen molar-refractivity contribution < 1.29 is 5.11 Å². The minimum Gasteiger partial charge on any atom is -0.396 e. The first kappa shape index (κ1) is 13.2. The lowest BCUT2D eigenvalue weighted by molar-refractivity contribution is 0.281. The minimum atomic E-state index is -0.0513. The lowest BCUT2D eigenvalue weighted by atomic mass is 10.1. The Kier molecular flexibility index (Phi) is 5.53. The highest BCUT2D eigenvalue weighted by atomic mass is 16.2. The van der Waals surface area contributed by atoms with Gasteiger partial charge < -0.3 is 16.2 Å². The Morgan fingerprint density at radius 2 is 2.07 bits per heavy atom. The highest BCUT2D eigenvalue weighted by Gasteiger charge is 2.10. The number of aliphatic hydroxyl groups is 1. The zero-order valence-electron chi connectivity index (χ0n) is 9.67. The van der Waals surface area contributed by atoms with E-state index in [0.29, 0.717) is 5.96 Å². The molecule has 0 aromatic heterocycles. The molecule has 0 fully saturated rings. The van der Waals surface area contributed by atoms with Crippen molar-refractivity contribution in [3.8, 4) is 0 Å². The molecule has 0 aliphatic carbocycles. The molecule has 4 nitrogen and oxygen atoms in total. The van der Waals surface area contributed by atoms with Gasteiger partial charge in [0.2, 0.25) is 0 Å². The van der Waals surface area contributed by atoms with Crippen molar-refractivity contribution in [2.45, 2.75) is 52.1 Å². The molecule has 14 heavy (non-hydrogen) atoms. The van der Waals surface area contributed by atoms with Gasteiger partial charge in [0, 0.05) is 12.1 Å². The topological polar surface area (TPSA) is 70.6 Å². The number of aliphatic imine (C=N–C) groups is 1. The van der Waals surface area contributed by atoms with Crippen molar-refractivity contribution in [2.75, 3.05) is 6.61 Å². The van der Waals surface area contributed by atoms with Gasteiger partial charge in [-0.1, -0.05) is 0 Å². The van der Waals surface area contributed by atoms with Crippen LogP contribution < -0.4 is 11.1 Å². The van der Waals surface area contributed by atoms with Gasteiger partial charge in [-0.3, -0.25) is 4.99 Å². The molecule has 0 radical (unpaired) electrons. The molecule has 84 valence electrons. The standard InChI is InChI=1S/C10H23N3O/c1-8(6-5-7-14)12-9(11)13-10(2,3)4/h8,14H,5-7H2,1-4H3,(H3,11,12,13). The second-order valence-corrected chi connectivity index (χ2v) is 4.60. The van der Waals surface area contributed by atoms with Crippen LogP contribution in [0, 0.1) is 0 Å². The van der Waals surface area contributed by atoms with Gasteiger partial charge in [-0.25, -0.2) is 0 Å². The third-order valence-corrected chi connectivity index (χ3v) is 1.64. The van der Waals surface area contributed by atoms with Crippen LogP contribution >= 0.6 is 0 Å². The van der Waals surface area contributed by atoms with Gasteiger partial charge in [0.15, 0.2) is 5.96 Å². The van der Waals surface area contributed by atoms with Crippen LogP contribution in [0.3, 0.4) is 0 Å². The second kappa shape index (κ2) is 5.86. The molecule has 1 unspecified atom stereocenters. The summed E-state index contributed by atoms with van der Waals surface area (Å²) in [6, 6.07) is 0.164. The molecule has 0 aliphatic heterocycles. The van der Waals surface area contributed by atoms with Crippen LogP contribution in [0.25, 0.3) is 0 Å². The summed E-state index contributed by atoms with van der Waals surface area (Å²) in [6.45, 7) is 8.31. The van der Waals surface area contributed by atoms with E-state index in [-0.39, 0.29) is 18.2 Å². The van der Waals surface area contributed by atoms with Gasteiger partial charge in [0.25, 0.3) is 0 Å². The van der Waals surface area contributed by atoms with Crippen LogP contribution in [0.4, 0.5) is 0 Å². The van der Waals surface area contributed by atoms with Gasteiger partial charge >= 0.3 is 0 Å². The predicted molar refractivity (Wildman–Crippen MR) is 60.3 cm³/mol. The Bertz CT molecular complexity index is 184. The van der Waals surface area contributed by atoms with Crippen LogP contribution in [-0.2, 0) is 0 Å². The summed E-state index contributed by atoms with van der Waals surface area (Å²) < 4.78 is 0. The normalized spacial score (nSPS) is 15.4. The molecule has 0 heterocycles. The van der Waals surface area contributed by atoms with Crippen molar-refractivity contribution in [2.24, 2.45) is 10.7 Å². The molecular formula is C10H23N3O. The van der Waals surface area contributed by atoms with Crippen LogP contribution in [0.2, 0.25) is 0 Å². The third-order valence-electron chi connectivity index (χ3n) is 1.64. The summed E-state index contributed by atoms with van der Waals surface area (Å²) in [6.07, 6.45) is 1.64. The van der Waals surface area contributed by atoms with E-state index in [1.165, 1.54) is 0 Å². The van der Waals surface area contributed by atoms with E-state index in [0.717, 1.165) is 12.8 Å². The molecule has 4 heteroatoms. The first-order chi connectivity index (χ1) is 6.35. The summed E-state index contributed by atoms with van der Waals surface area (Å²) in [5.41, 5.74) is 5.66. The summed E-state index contributed by atoms with van der Waals surface area (Å²) >= 11 is 0. The molecule has 0 aromatic rings. The van der Waals surface area contributed by atoms with E-state index in [1.54, 1.807) is 0 Å². The Balaban J connectivity index is 3.96. The molecule has 0 spiro atoms. The fourth-order valence-electron chi connectivity index (χ4n) is 1.11. The zero-order chi connectivity index (χ0) is 11.2. The lowest BCUT2D eigenvalue weighted by Gasteiger charge is -2.21. The first-order valence-corrected chi connectivity index (χ1v) is 5.07. The zero-order valence-corrected chi connectivity index (χ0v) is 9.67. The van der Waals surface area contributed by atoms with Gasteiger partial charge in [-0.15, -0.1) is 0 Å². The number of nitrogens with two attached hydrogens (primary N) is 1. The van der Waals surface area contributed by atoms with Crippen molar-refractivity contribution in [3.05, 3.63) is 0 Å². The second-order valence-electron chi connectivity index (χ2n) is 4.60. The van der Waals surface area contributed by atoms with Crippen molar-refractivity contribution >= 4 is 5.96 Å². The fraction of sp³-hybridized carbons (Fsp3) is 0.900. The highest BCUT2D eigenvalue weighted by molar-refractivity contribution is 5.78. The van der Waals surface area contributed by atoms with Gasteiger partial charge in [0.05, 0.1) is 6.04 Å². The van der Waals surface area contributed by atoms with E-state index in [1.807, 2.05) is 27.7 Å². The van der Waals surface area contributed by atoms with E-state index < -0.39 is 0 Å². The third kappa shape index (κ3) is 7.86. The van der Waals surface area contributed by atoms with Gasteiger partial charge in [-0.05, 0) is 40.5 Å². The van der Waals surface area contributed by atoms with Crippen molar-refractivity contribution in [1.29, 1.82) is 0 Å². The largest absolute Gasteiger partial charge is 0.396 e. The number of hydrogen-bond acceptors (Lipinski definition) is 2. The molecule has 0 saturated heterocycles. The Morgan fingerprint density at radius 3 is 2.50 bits per heavy atom. The maximum absolute atomic E-state index is 8.64. The quantitative estimate of drug-likeness (QED) is 0.466. The minimum absolute atomic E-state index is 0.0513. The monoisotopic (exact) mass is 201 g/mol. The van der Waals surface area contributed by atoms with E-state index in [2.05, 4.69) is 10.3 Å². The number of aliphatic hydroxyl groups excluding tert-OH is 1. The molecule has 1 atom stereocenters. The molecule has 0 bridgehead atoms. The van der Waals surface area contributed by atoms with E-state index in [4.69, 9.17) is 10.8 Å². The highest BCUT2D eigenvalue weighted by Crippen LogP contribution is 2.01. The van der Waals surface area contributed by atoms with E-state index >= 15 is 0 Å². The SMILES string of the molecule is CC(CCCO)N=C(N)NC(C)(C)C. The molecule has 0 aliphatic rings. The number of guanidine groups is 1. The van der Waals surface area contributed by atoms with Crippen molar-refractivity contribution in [3.63, 3.8) is 0 Å². The average molecular weight is 201 g/mol. The Morgan fingerprint density at radius 1 is 1.50 bits per heavy atom. The lowest BCUT2D eigenvalue weighted by Crippen LogP contribution is -2.45. The van der Waals surface area contributed by atoms with Crippen LogP contribution in [0.15, 0.2) is 4.99 Å². The van der Waals surface area contributed by atoms with Crippen LogP contribution in [-0.4, -0.2) is 29.3 Å². The Labute approximate surface area is 86.6 Å². The maximum atomic E-state index is 8.64. The number of nitrogens with zero attached hydrogens (tertiary/aromatic N) is 1. The van der Waals surface area contributed by atoms with Crippen molar-refractivity contribution in [1.82, 2.24) is 5.32 Å². The molecule has 0 rings (SSSR count). The molecule has 0 saturated carbocycles. The first-order valence-electron chi connectivity index (χ1n) is 5.07. The summed E-state index contributed by atoms with van der Waals surface area (Å²) in [4.78, 5) is 4.27. The molecule has 0 aromatic carbocycles. The number of rotatable bonds is 4. The Hall–Kier alpha value is -0.770. The van der Waals surface area contributed by atoms with Gasteiger partial charge in [0.1, 0.15) is 0 Å². The number of hydrogen-bond donors (Lipinski definition) is 3. The van der Waals surface area contributed by atoms with E-state index in [9.17, 15) is 0 Å². The molecular weight excluding hydrogens is 178 g/mol. The van der Waals surface area contributed by atoms with Crippen LogP contribution in [0.5, 0.6) is 0 Å². The smallest absolute Gasteiger partial charge is 0.189 e. The van der Waals surface area contributed by atoms with Crippen LogP contribution in [0.1, 0.15) is 40.5 Å². The fourth-order valence-corrected chi connectivity index (χ4v) is 1.11. The summed E-state index contributed by atoms with van der Waals surface area (Å²) in [5.74, 6) is 0.475. The summed E-state index contributed by atoms with van der Waals surface area (Å²) in [7, 11) is 0. The average Bonchev–Trinajstić information content (AvgIpc) is 1.96. The maximum Gasteiger partial charge on any atom is 0.189 e. The molecule has 4 N–H and O–H groups in total. The van der Waals surface area contributed by atoms with Gasteiger partial charge in [-0.2, -0.15) is 0 Å². The molecule has 0 amide bonds.